The van der Waals surface area contributed by atoms with Gasteiger partial charge >= 0.3 is 6.03 Å². The fraction of sp³-hybridized carbons (Fsp3) is 0.706. The van der Waals surface area contributed by atoms with Gasteiger partial charge in [0.25, 0.3) is 5.91 Å². The molecule has 2 aliphatic rings. The molecule has 23 heavy (non-hydrogen) atoms. The summed E-state index contributed by atoms with van der Waals surface area (Å²) in [6, 6.07) is -0.371. The van der Waals surface area contributed by atoms with Gasteiger partial charge in [-0.2, -0.15) is 0 Å². The number of nitrogens with one attached hydrogen (secondary N) is 2. The second-order valence-corrected chi connectivity index (χ2v) is 6.82. The van der Waals surface area contributed by atoms with E-state index < -0.39 is 5.54 Å². The fourth-order valence-electron chi connectivity index (χ4n) is 3.00. The van der Waals surface area contributed by atoms with E-state index >= 15 is 0 Å². The van der Waals surface area contributed by atoms with Crippen LogP contribution >= 0.6 is 0 Å². The first kappa shape index (κ1) is 17.5. The molecule has 2 rings (SSSR count). The van der Waals surface area contributed by atoms with Crippen LogP contribution in [0.5, 0.6) is 0 Å². The van der Waals surface area contributed by atoms with Crippen molar-refractivity contribution in [1.29, 1.82) is 0 Å². The van der Waals surface area contributed by atoms with Gasteiger partial charge in [-0.3, -0.25) is 14.5 Å². The monoisotopic (exact) mass is 321 g/mol. The van der Waals surface area contributed by atoms with Gasteiger partial charge in [0.05, 0.1) is 0 Å². The summed E-state index contributed by atoms with van der Waals surface area (Å²) in [7, 11) is 0. The highest BCUT2D eigenvalue weighted by atomic mass is 16.2. The topological polar surface area (TPSA) is 78.5 Å². The zero-order chi connectivity index (χ0) is 16.9. The van der Waals surface area contributed by atoms with Crippen LogP contribution in [-0.4, -0.2) is 41.4 Å². The number of nitrogens with zero attached hydrogens (tertiary/aromatic N) is 1. The number of imide groups is 1. The van der Waals surface area contributed by atoms with Crippen molar-refractivity contribution in [3.63, 3.8) is 0 Å². The number of rotatable bonds is 7. The zero-order valence-corrected chi connectivity index (χ0v) is 14.1. The van der Waals surface area contributed by atoms with Crippen molar-refractivity contribution in [2.45, 2.75) is 64.3 Å². The van der Waals surface area contributed by atoms with Crippen LogP contribution in [0, 0.1) is 0 Å². The molecule has 0 bridgehead atoms. The van der Waals surface area contributed by atoms with Crippen molar-refractivity contribution in [2.75, 3.05) is 13.1 Å². The summed E-state index contributed by atoms with van der Waals surface area (Å²) in [5, 5.41) is 5.54. The number of carbonyl (C=O) groups is 3. The maximum atomic E-state index is 12.0. The smallest absolute Gasteiger partial charge is 0.325 e. The maximum absolute atomic E-state index is 12.0. The van der Waals surface area contributed by atoms with E-state index in [9.17, 15) is 14.4 Å². The molecule has 0 unspecified atom stereocenters. The Balaban J connectivity index is 1.62. The lowest BCUT2D eigenvalue weighted by Gasteiger charge is -2.16. The Kier molecular flexibility index (Phi) is 5.80. The molecular weight excluding hydrogens is 294 g/mol. The molecule has 1 aliphatic carbocycles. The maximum Gasteiger partial charge on any atom is 0.325 e. The molecule has 1 aliphatic heterocycles. The van der Waals surface area contributed by atoms with Crippen LogP contribution in [0.25, 0.3) is 0 Å². The van der Waals surface area contributed by atoms with Gasteiger partial charge in [0.1, 0.15) is 5.54 Å². The van der Waals surface area contributed by atoms with Crippen molar-refractivity contribution in [3.8, 4) is 0 Å². The molecule has 1 heterocycles. The zero-order valence-electron chi connectivity index (χ0n) is 14.1. The molecule has 0 aromatic heterocycles. The Bertz CT molecular complexity index is 511. The highest BCUT2D eigenvalue weighted by Gasteiger charge is 2.43. The van der Waals surface area contributed by atoms with Gasteiger partial charge in [-0.05, 0) is 52.4 Å². The lowest BCUT2D eigenvalue weighted by molar-refractivity contribution is -0.130. The summed E-state index contributed by atoms with van der Waals surface area (Å²) in [4.78, 5) is 36.7. The minimum atomic E-state index is -0.840. The van der Waals surface area contributed by atoms with E-state index in [1.54, 1.807) is 13.8 Å². The third-order valence-corrected chi connectivity index (χ3v) is 4.38. The highest BCUT2D eigenvalue weighted by molar-refractivity contribution is 6.06. The van der Waals surface area contributed by atoms with Gasteiger partial charge in [-0.25, -0.2) is 4.79 Å². The molecule has 0 radical (unpaired) electrons. The van der Waals surface area contributed by atoms with Gasteiger partial charge in [-0.15, -0.1) is 0 Å². The fourth-order valence-corrected chi connectivity index (χ4v) is 3.00. The average molecular weight is 321 g/mol. The number of hydrogen-bond donors (Lipinski definition) is 2. The molecule has 1 saturated heterocycles. The van der Waals surface area contributed by atoms with Gasteiger partial charge in [0, 0.05) is 19.5 Å². The molecule has 2 N–H and O–H groups in total. The largest absolute Gasteiger partial charge is 0.356 e. The first-order valence-corrected chi connectivity index (χ1v) is 8.49. The second kappa shape index (κ2) is 7.62. The van der Waals surface area contributed by atoms with E-state index in [0.29, 0.717) is 19.4 Å². The van der Waals surface area contributed by atoms with Crippen molar-refractivity contribution in [1.82, 2.24) is 15.5 Å². The van der Waals surface area contributed by atoms with Crippen LogP contribution in [0.2, 0.25) is 0 Å². The predicted octanol–water partition coefficient (Wildman–Crippen LogP) is 2.10. The van der Waals surface area contributed by atoms with Crippen molar-refractivity contribution >= 4 is 17.8 Å². The SMILES string of the molecule is CC1(C)NC(=O)N(CCCC(=O)NCCC2=CCCCC2)C1=O. The van der Waals surface area contributed by atoms with Crippen LogP contribution in [0.1, 0.15) is 58.8 Å². The number of carbonyl (C=O) groups excluding carboxylic acids is 3. The predicted molar refractivity (Wildman–Crippen MR) is 87.7 cm³/mol. The molecule has 128 valence electrons. The van der Waals surface area contributed by atoms with Crippen LogP contribution in [-0.2, 0) is 9.59 Å². The lowest BCUT2D eigenvalue weighted by atomic mass is 9.97. The Morgan fingerprint density at radius 1 is 1.35 bits per heavy atom. The minimum absolute atomic E-state index is 0.0206. The van der Waals surface area contributed by atoms with Crippen molar-refractivity contribution < 1.29 is 14.4 Å². The van der Waals surface area contributed by atoms with Crippen molar-refractivity contribution in [2.24, 2.45) is 0 Å². The van der Waals surface area contributed by atoms with E-state index in [2.05, 4.69) is 16.7 Å². The summed E-state index contributed by atoms with van der Waals surface area (Å²) >= 11 is 0. The Labute approximate surface area is 137 Å². The molecule has 6 heteroatoms. The van der Waals surface area contributed by atoms with Gasteiger partial charge < -0.3 is 10.6 Å². The summed E-state index contributed by atoms with van der Waals surface area (Å²) in [5.41, 5.74) is 0.602. The van der Waals surface area contributed by atoms with Gasteiger partial charge in [-0.1, -0.05) is 11.6 Å². The summed E-state index contributed by atoms with van der Waals surface area (Å²) in [6.07, 6.45) is 8.86. The quantitative estimate of drug-likeness (QED) is 0.557. The van der Waals surface area contributed by atoms with Crippen LogP contribution in [0.3, 0.4) is 0 Å². The summed E-state index contributed by atoms with van der Waals surface area (Å²) < 4.78 is 0. The van der Waals surface area contributed by atoms with E-state index in [0.717, 1.165) is 19.3 Å². The van der Waals surface area contributed by atoms with Crippen LogP contribution in [0.15, 0.2) is 11.6 Å². The van der Waals surface area contributed by atoms with E-state index in [1.165, 1.54) is 23.3 Å². The summed E-state index contributed by atoms with van der Waals surface area (Å²) in [5.74, 6) is -0.250. The number of urea groups is 1. The standard InChI is InChI=1S/C17H27N3O3/c1-17(2)15(22)20(16(23)19-17)12-6-9-14(21)18-11-10-13-7-4-3-5-8-13/h7H,3-6,8-12H2,1-2H3,(H,18,21)(H,19,23). The highest BCUT2D eigenvalue weighted by Crippen LogP contribution is 2.19. The molecule has 4 amide bonds. The third kappa shape index (κ3) is 4.81. The second-order valence-electron chi connectivity index (χ2n) is 6.82. The normalized spacial score (nSPS) is 20.3. The number of hydrogen-bond acceptors (Lipinski definition) is 3. The summed E-state index contributed by atoms with van der Waals surface area (Å²) in [6.45, 7) is 4.31. The Morgan fingerprint density at radius 3 is 2.74 bits per heavy atom. The van der Waals surface area contributed by atoms with Crippen LogP contribution in [0.4, 0.5) is 4.79 Å². The third-order valence-electron chi connectivity index (χ3n) is 4.38. The Hall–Kier alpha value is -1.85. The molecule has 0 saturated carbocycles. The molecule has 6 nitrogen and oxygen atoms in total. The molecule has 0 aromatic carbocycles. The average Bonchev–Trinajstić information content (AvgIpc) is 2.70. The first-order chi connectivity index (χ1) is 10.9. The molecule has 1 fully saturated rings. The number of amides is 4. The van der Waals surface area contributed by atoms with E-state index in [-0.39, 0.29) is 24.4 Å². The van der Waals surface area contributed by atoms with Crippen molar-refractivity contribution in [3.05, 3.63) is 11.6 Å². The van der Waals surface area contributed by atoms with Gasteiger partial charge in [0.2, 0.25) is 5.91 Å². The first-order valence-electron chi connectivity index (χ1n) is 8.49. The number of allylic oxidation sites excluding steroid dienone is 1. The Morgan fingerprint density at radius 2 is 2.13 bits per heavy atom. The molecule has 0 atom stereocenters. The van der Waals surface area contributed by atoms with E-state index in [1.807, 2.05) is 0 Å². The van der Waals surface area contributed by atoms with E-state index in [4.69, 9.17) is 0 Å². The van der Waals surface area contributed by atoms with Crippen LogP contribution < -0.4 is 10.6 Å². The minimum Gasteiger partial charge on any atom is -0.356 e. The molecule has 0 spiro atoms. The van der Waals surface area contributed by atoms with Gasteiger partial charge in [0.15, 0.2) is 0 Å². The molecular formula is C17H27N3O3. The molecule has 0 aromatic rings. The lowest BCUT2D eigenvalue weighted by Crippen LogP contribution is -2.40.